The molecule has 4 rings (SSSR count). The monoisotopic (exact) mass is 625 g/mol. The summed E-state index contributed by atoms with van der Waals surface area (Å²) in [6.45, 7) is 8.86. The van der Waals surface area contributed by atoms with Crippen LogP contribution in [0.25, 0.3) is 0 Å². The predicted octanol–water partition coefficient (Wildman–Crippen LogP) is 7.38. The zero-order chi connectivity index (χ0) is 31.3. The van der Waals surface area contributed by atoms with Crippen LogP contribution in [0.1, 0.15) is 93.7 Å². The van der Waals surface area contributed by atoms with E-state index in [1.165, 1.54) is 0 Å². The van der Waals surface area contributed by atoms with Gasteiger partial charge in [0.1, 0.15) is 17.2 Å². The van der Waals surface area contributed by atoms with Crippen molar-refractivity contribution in [1.82, 2.24) is 10.2 Å². The molecule has 1 heterocycles. The number of hydrogen-bond donors (Lipinski definition) is 3. The summed E-state index contributed by atoms with van der Waals surface area (Å²) in [5.41, 5.74) is 14.2. The summed E-state index contributed by atoms with van der Waals surface area (Å²) in [5.74, 6) is 1.19. The van der Waals surface area contributed by atoms with E-state index in [0.29, 0.717) is 44.6 Å². The molecule has 1 aliphatic heterocycles. The van der Waals surface area contributed by atoms with Crippen molar-refractivity contribution in [1.29, 1.82) is 5.53 Å². The lowest BCUT2D eigenvalue weighted by Crippen LogP contribution is -2.51. The molecule has 9 nitrogen and oxygen atoms in total. The minimum absolute atomic E-state index is 0.0181. The maximum absolute atomic E-state index is 14.5. The van der Waals surface area contributed by atoms with E-state index in [-0.39, 0.29) is 30.2 Å². The molecule has 0 bridgehead atoms. The molecule has 0 unspecified atom stereocenters. The zero-order valence-corrected chi connectivity index (χ0v) is 26.8. The van der Waals surface area contributed by atoms with Gasteiger partial charge in [-0.05, 0) is 92.2 Å². The second kappa shape index (κ2) is 14.0. The van der Waals surface area contributed by atoms with Gasteiger partial charge >= 0.3 is 0 Å². The van der Waals surface area contributed by atoms with Gasteiger partial charge < -0.3 is 16.0 Å². The largest absolute Gasteiger partial charge is 0.384 e. The Hall–Kier alpha value is -3.30. The number of amidine groups is 1. The van der Waals surface area contributed by atoms with Gasteiger partial charge in [-0.2, -0.15) is 5.53 Å². The third-order valence-electron chi connectivity index (χ3n) is 8.59. The summed E-state index contributed by atoms with van der Waals surface area (Å²) in [6.07, 6.45) is 5.22. The summed E-state index contributed by atoms with van der Waals surface area (Å²) in [7, 11) is 0. The number of halogens is 2. The Balaban J connectivity index is 1.71. The van der Waals surface area contributed by atoms with Gasteiger partial charge in [-0.15, -0.1) is 5.10 Å². The lowest BCUT2D eigenvalue weighted by atomic mass is 9.75. The SMILES string of the molecule is CC(C)CC[C@H](c1ccc(C(=O)NC/C(N)=N/N=N)cc1)N1C(=O)C(c2cc(Cl)cc(Cl)c2)=NC12CCC(C(C)C)CC2. The normalized spacial score (nSPS) is 21.4. The molecule has 1 aliphatic carbocycles. The highest BCUT2D eigenvalue weighted by molar-refractivity contribution is 6.47. The fourth-order valence-electron chi connectivity index (χ4n) is 6.21. The second-order valence-corrected chi connectivity index (χ2v) is 13.2. The molecule has 43 heavy (non-hydrogen) atoms. The number of rotatable bonds is 11. The first kappa shape index (κ1) is 32.6. The average molecular weight is 627 g/mol. The third-order valence-corrected chi connectivity index (χ3v) is 9.03. The lowest BCUT2D eigenvalue weighted by Gasteiger charge is -2.46. The first-order valence-corrected chi connectivity index (χ1v) is 15.7. The number of hydrogen-bond acceptors (Lipinski definition) is 5. The van der Waals surface area contributed by atoms with Crippen LogP contribution in [-0.4, -0.2) is 40.5 Å². The number of benzene rings is 2. The topological polar surface area (TPSA) is 136 Å². The van der Waals surface area contributed by atoms with Crippen LogP contribution in [-0.2, 0) is 4.79 Å². The van der Waals surface area contributed by atoms with E-state index in [4.69, 9.17) is 39.5 Å². The minimum Gasteiger partial charge on any atom is -0.384 e. The number of nitrogens with zero attached hydrogens (tertiary/aromatic N) is 4. The van der Waals surface area contributed by atoms with Crippen molar-refractivity contribution in [3.8, 4) is 0 Å². The molecule has 1 fully saturated rings. The molecule has 2 aromatic carbocycles. The molecule has 1 saturated carbocycles. The van der Waals surface area contributed by atoms with Crippen molar-refractivity contribution in [2.75, 3.05) is 6.54 Å². The summed E-state index contributed by atoms with van der Waals surface area (Å²) in [4.78, 5) is 34.4. The van der Waals surface area contributed by atoms with Gasteiger partial charge in [-0.25, -0.2) is 0 Å². The second-order valence-electron chi connectivity index (χ2n) is 12.3. The van der Waals surface area contributed by atoms with Crippen molar-refractivity contribution in [3.05, 3.63) is 69.2 Å². The Labute approximate surface area is 263 Å². The van der Waals surface area contributed by atoms with Crippen LogP contribution in [0.3, 0.4) is 0 Å². The average Bonchev–Trinajstić information content (AvgIpc) is 3.23. The van der Waals surface area contributed by atoms with E-state index < -0.39 is 5.66 Å². The fraction of sp³-hybridized carbons (Fsp3) is 0.500. The molecule has 4 N–H and O–H groups in total. The van der Waals surface area contributed by atoms with Crippen LogP contribution in [0.5, 0.6) is 0 Å². The summed E-state index contributed by atoms with van der Waals surface area (Å²) in [6, 6.07) is 12.3. The van der Waals surface area contributed by atoms with E-state index in [9.17, 15) is 9.59 Å². The number of aliphatic imine (C=N–C) groups is 1. The van der Waals surface area contributed by atoms with Crippen LogP contribution in [0.2, 0.25) is 10.0 Å². The van der Waals surface area contributed by atoms with Crippen LogP contribution in [0, 0.1) is 23.3 Å². The van der Waals surface area contributed by atoms with E-state index in [2.05, 4.69) is 43.3 Å². The molecule has 11 heteroatoms. The molecule has 2 aliphatic rings. The van der Waals surface area contributed by atoms with Gasteiger partial charge in [-0.3, -0.25) is 14.6 Å². The number of carbonyl (C=O) groups is 2. The molecular formula is C32H41Cl2N7O2. The quantitative estimate of drug-likeness (QED) is 0.104. The molecule has 0 saturated heterocycles. The van der Waals surface area contributed by atoms with E-state index in [1.807, 2.05) is 17.0 Å². The van der Waals surface area contributed by atoms with Crippen molar-refractivity contribution in [3.63, 3.8) is 0 Å². The maximum atomic E-state index is 14.5. The van der Waals surface area contributed by atoms with E-state index in [1.54, 1.807) is 30.3 Å². The molecule has 0 aromatic heterocycles. The van der Waals surface area contributed by atoms with E-state index in [0.717, 1.165) is 44.1 Å². The number of carbonyl (C=O) groups excluding carboxylic acids is 2. The summed E-state index contributed by atoms with van der Waals surface area (Å²) < 4.78 is 0. The molecular weight excluding hydrogens is 585 g/mol. The van der Waals surface area contributed by atoms with Crippen molar-refractivity contribution >= 4 is 46.6 Å². The van der Waals surface area contributed by atoms with Gasteiger partial charge in [0, 0.05) is 21.2 Å². The van der Waals surface area contributed by atoms with E-state index >= 15 is 0 Å². The third kappa shape index (κ3) is 7.62. The number of amides is 2. The maximum Gasteiger partial charge on any atom is 0.275 e. The highest BCUT2D eigenvalue weighted by Gasteiger charge is 2.52. The highest BCUT2D eigenvalue weighted by atomic mass is 35.5. The standard InChI is InChI=1S/C32H41Cl2N7O2/c1-19(2)5-10-27(22-6-8-23(9-7-22)30(42)37-18-28(35)39-40-36)41-31(43)29(24-15-25(33)17-26(34)16-24)38-32(41)13-11-21(12-14-32)20(3)4/h6-9,15-17,19-21,27H,5,10-14,18H2,1-4H3,(H,37,42)(H3,35,36,39)/t21?,27-,32?/m1/s1. The van der Waals surface area contributed by atoms with Crippen LogP contribution in [0.15, 0.2) is 57.8 Å². The summed E-state index contributed by atoms with van der Waals surface area (Å²) >= 11 is 12.7. The first-order chi connectivity index (χ1) is 20.4. The lowest BCUT2D eigenvalue weighted by molar-refractivity contribution is -0.133. The Morgan fingerprint density at radius 1 is 1.09 bits per heavy atom. The fourth-order valence-corrected chi connectivity index (χ4v) is 6.74. The molecule has 1 atom stereocenters. The van der Waals surface area contributed by atoms with Crippen LogP contribution < -0.4 is 11.1 Å². The van der Waals surface area contributed by atoms with Crippen LogP contribution >= 0.6 is 23.2 Å². The van der Waals surface area contributed by atoms with Crippen molar-refractivity contribution in [2.24, 2.45) is 38.8 Å². The Kier molecular flexibility index (Phi) is 10.6. The Morgan fingerprint density at radius 3 is 2.28 bits per heavy atom. The van der Waals surface area contributed by atoms with Gasteiger partial charge in [-0.1, -0.05) is 68.3 Å². The van der Waals surface area contributed by atoms with Gasteiger partial charge in [0.2, 0.25) is 0 Å². The molecule has 0 radical (unpaired) electrons. The van der Waals surface area contributed by atoms with Gasteiger partial charge in [0.15, 0.2) is 0 Å². The van der Waals surface area contributed by atoms with Gasteiger partial charge in [0.25, 0.3) is 11.8 Å². The molecule has 1 spiro atoms. The molecule has 2 aromatic rings. The van der Waals surface area contributed by atoms with Crippen LogP contribution in [0.4, 0.5) is 0 Å². The molecule has 230 valence electrons. The minimum atomic E-state index is -0.663. The number of nitrogens with two attached hydrogens (primary N) is 1. The summed E-state index contributed by atoms with van der Waals surface area (Å²) in [5, 5.41) is 9.90. The number of nitrogens with one attached hydrogen (secondary N) is 2. The predicted molar refractivity (Wildman–Crippen MR) is 172 cm³/mol. The first-order valence-electron chi connectivity index (χ1n) is 14.9. The Morgan fingerprint density at radius 2 is 1.72 bits per heavy atom. The zero-order valence-electron chi connectivity index (χ0n) is 25.2. The smallest absolute Gasteiger partial charge is 0.275 e. The van der Waals surface area contributed by atoms with Crippen molar-refractivity contribution in [2.45, 2.75) is 77.9 Å². The Bertz CT molecular complexity index is 1380. The van der Waals surface area contributed by atoms with Crippen molar-refractivity contribution < 1.29 is 9.59 Å². The highest BCUT2D eigenvalue weighted by Crippen LogP contribution is 2.48. The molecule has 2 amide bonds. The van der Waals surface area contributed by atoms with Gasteiger partial charge in [0.05, 0.1) is 12.6 Å².